The Bertz CT molecular complexity index is 2010. The lowest BCUT2D eigenvalue weighted by Crippen LogP contribution is -2.04. The predicted octanol–water partition coefficient (Wildman–Crippen LogP) is 9.61. The highest BCUT2D eigenvalue weighted by molar-refractivity contribution is 6.14. The number of para-hydroxylation sites is 2. The van der Waals surface area contributed by atoms with Crippen LogP contribution in [0.4, 0.5) is 0 Å². The first kappa shape index (κ1) is 22.1. The molecule has 0 spiro atoms. The third-order valence-corrected chi connectivity index (χ3v) is 8.31. The van der Waals surface area contributed by atoms with Gasteiger partial charge in [0, 0.05) is 22.0 Å². The molecule has 0 radical (unpaired) electrons. The molecule has 184 valence electrons. The molecule has 0 unspecified atom stereocenters. The molecular formula is C38H27N. The highest BCUT2D eigenvalue weighted by Crippen LogP contribution is 2.43. The van der Waals surface area contributed by atoms with E-state index < -0.39 is 0 Å². The van der Waals surface area contributed by atoms with Gasteiger partial charge in [0.15, 0.2) is 0 Å². The Morgan fingerprint density at radius 3 is 1.64 bits per heavy atom. The van der Waals surface area contributed by atoms with Gasteiger partial charge in [-0.2, -0.15) is 0 Å². The van der Waals surface area contributed by atoms with Gasteiger partial charge in [0.1, 0.15) is 0 Å². The minimum atomic E-state index is 0.875. The van der Waals surface area contributed by atoms with Crippen LogP contribution in [-0.2, 0) is 12.8 Å². The molecule has 0 fully saturated rings. The monoisotopic (exact) mass is 497 g/mol. The van der Waals surface area contributed by atoms with Crippen LogP contribution in [0, 0.1) is 0 Å². The summed E-state index contributed by atoms with van der Waals surface area (Å²) >= 11 is 0. The van der Waals surface area contributed by atoms with Crippen LogP contribution in [0.3, 0.4) is 0 Å². The van der Waals surface area contributed by atoms with Crippen LogP contribution < -0.4 is 0 Å². The van der Waals surface area contributed by atoms with Crippen molar-refractivity contribution in [2.24, 2.45) is 0 Å². The van der Waals surface area contributed by atoms with Crippen molar-refractivity contribution in [3.05, 3.63) is 162 Å². The Morgan fingerprint density at radius 1 is 0.385 bits per heavy atom. The van der Waals surface area contributed by atoms with Gasteiger partial charge in [0.05, 0.1) is 11.0 Å². The van der Waals surface area contributed by atoms with Crippen molar-refractivity contribution in [3.63, 3.8) is 0 Å². The summed E-state index contributed by atoms with van der Waals surface area (Å²) in [6, 6.07) is 51.3. The maximum Gasteiger partial charge on any atom is 0.0622 e. The first-order valence-electron chi connectivity index (χ1n) is 13.7. The van der Waals surface area contributed by atoms with Gasteiger partial charge in [-0.25, -0.2) is 0 Å². The molecule has 1 nitrogen and oxygen atoms in total. The zero-order valence-corrected chi connectivity index (χ0v) is 21.6. The van der Waals surface area contributed by atoms with E-state index in [-0.39, 0.29) is 0 Å². The molecule has 0 atom stereocenters. The molecule has 39 heavy (non-hydrogen) atoms. The van der Waals surface area contributed by atoms with E-state index in [2.05, 4.69) is 144 Å². The van der Waals surface area contributed by atoms with E-state index in [0.29, 0.717) is 0 Å². The van der Waals surface area contributed by atoms with E-state index in [1.807, 2.05) is 0 Å². The molecule has 0 N–H and O–H groups in total. The Balaban J connectivity index is 1.54. The van der Waals surface area contributed by atoms with E-state index in [9.17, 15) is 0 Å². The van der Waals surface area contributed by atoms with E-state index in [0.717, 1.165) is 12.8 Å². The number of nitrogens with zero attached hydrogens (tertiary/aromatic N) is 1. The van der Waals surface area contributed by atoms with Gasteiger partial charge in [-0.1, -0.05) is 121 Å². The maximum absolute atomic E-state index is 2.48. The van der Waals surface area contributed by atoms with Crippen molar-refractivity contribution in [1.82, 2.24) is 4.57 Å². The highest BCUT2D eigenvalue weighted by Gasteiger charge is 2.23. The van der Waals surface area contributed by atoms with Crippen molar-refractivity contribution in [3.8, 4) is 27.9 Å². The second kappa shape index (κ2) is 8.85. The van der Waals surface area contributed by atoms with Crippen molar-refractivity contribution in [1.29, 1.82) is 0 Å². The quantitative estimate of drug-likeness (QED) is 0.213. The molecule has 1 aromatic heterocycles. The van der Waals surface area contributed by atoms with Crippen LogP contribution in [0.1, 0.15) is 22.3 Å². The molecule has 0 amide bonds. The van der Waals surface area contributed by atoms with E-state index in [4.69, 9.17) is 0 Å². The number of hydrogen-bond acceptors (Lipinski definition) is 0. The average molecular weight is 498 g/mol. The van der Waals surface area contributed by atoms with Crippen LogP contribution in [0.2, 0.25) is 0 Å². The Labute approximate surface area is 228 Å². The number of rotatable bonds is 1. The van der Waals surface area contributed by atoms with Crippen LogP contribution in [0.15, 0.2) is 140 Å². The third kappa shape index (κ3) is 3.47. The lowest BCUT2D eigenvalue weighted by molar-refractivity contribution is 1.14. The molecule has 8 rings (SSSR count). The minimum absolute atomic E-state index is 0.875. The zero-order valence-electron chi connectivity index (χ0n) is 21.6. The van der Waals surface area contributed by atoms with E-state index in [1.54, 1.807) is 0 Å². The molecule has 0 saturated heterocycles. The van der Waals surface area contributed by atoms with E-state index >= 15 is 0 Å². The number of fused-ring (bicyclic) bond motifs is 10. The summed E-state index contributed by atoms with van der Waals surface area (Å²) in [6.45, 7) is 0. The first-order chi connectivity index (χ1) is 19.4. The van der Waals surface area contributed by atoms with Gasteiger partial charge >= 0.3 is 0 Å². The van der Waals surface area contributed by atoms with Gasteiger partial charge in [0.25, 0.3) is 0 Å². The van der Waals surface area contributed by atoms with Crippen molar-refractivity contribution >= 4 is 21.8 Å². The fourth-order valence-corrected chi connectivity index (χ4v) is 6.60. The van der Waals surface area contributed by atoms with Crippen molar-refractivity contribution in [2.45, 2.75) is 12.8 Å². The van der Waals surface area contributed by atoms with Gasteiger partial charge in [-0.15, -0.1) is 0 Å². The molecule has 7 aromatic rings. The van der Waals surface area contributed by atoms with Gasteiger partial charge in [0.2, 0.25) is 0 Å². The molecule has 1 heteroatoms. The summed E-state index contributed by atoms with van der Waals surface area (Å²) in [7, 11) is 0. The summed E-state index contributed by atoms with van der Waals surface area (Å²) in [5, 5.41) is 2.59. The van der Waals surface area contributed by atoms with Gasteiger partial charge < -0.3 is 4.57 Å². The van der Waals surface area contributed by atoms with Crippen molar-refractivity contribution in [2.75, 3.05) is 0 Å². The van der Waals surface area contributed by atoms with Gasteiger partial charge in [-0.3, -0.25) is 0 Å². The second-order valence-electron chi connectivity index (χ2n) is 10.5. The SMILES string of the molecule is c1ccc(-n2c3ccccc3c3ccc4c(c32)-c2ccccc2Cc2ccccc2-c2ccccc2C4)cc1. The largest absolute Gasteiger partial charge is 0.309 e. The fourth-order valence-electron chi connectivity index (χ4n) is 6.60. The molecule has 6 aromatic carbocycles. The first-order valence-corrected chi connectivity index (χ1v) is 13.7. The zero-order chi connectivity index (χ0) is 25.8. The summed E-state index contributed by atoms with van der Waals surface area (Å²) in [6.07, 6.45) is 1.77. The molecule has 0 bridgehead atoms. The normalized spacial score (nSPS) is 12.4. The summed E-state index contributed by atoms with van der Waals surface area (Å²) in [4.78, 5) is 0. The summed E-state index contributed by atoms with van der Waals surface area (Å²) in [5.41, 5.74) is 14.5. The fraction of sp³-hybridized carbons (Fsp3) is 0.0526. The Hall–Kier alpha value is -4.88. The Morgan fingerprint density at radius 2 is 0.923 bits per heavy atom. The second-order valence-corrected chi connectivity index (χ2v) is 10.5. The van der Waals surface area contributed by atoms with E-state index in [1.165, 1.54) is 72.0 Å². The topological polar surface area (TPSA) is 4.93 Å². The number of benzene rings is 6. The summed E-state index contributed by atoms with van der Waals surface area (Å²) in [5.74, 6) is 0. The minimum Gasteiger partial charge on any atom is -0.309 e. The molecule has 1 aliphatic carbocycles. The molecular weight excluding hydrogens is 470 g/mol. The number of aromatic nitrogens is 1. The van der Waals surface area contributed by atoms with Crippen LogP contribution >= 0.6 is 0 Å². The molecule has 1 heterocycles. The van der Waals surface area contributed by atoms with Crippen LogP contribution in [-0.4, -0.2) is 4.57 Å². The maximum atomic E-state index is 2.48. The predicted molar refractivity (Wildman–Crippen MR) is 164 cm³/mol. The van der Waals surface area contributed by atoms with Crippen molar-refractivity contribution < 1.29 is 0 Å². The summed E-state index contributed by atoms with van der Waals surface area (Å²) < 4.78 is 2.48. The lowest BCUT2D eigenvalue weighted by atomic mass is 9.83. The molecule has 0 aliphatic heterocycles. The smallest absolute Gasteiger partial charge is 0.0622 e. The molecule has 1 aliphatic rings. The third-order valence-electron chi connectivity index (χ3n) is 8.31. The Kier molecular flexibility index (Phi) is 5.03. The standard InChI is InChI=1S/C38H27N/c1-2-15-30(16-3-1)39-36-21-11-10-20-34(36)35-23-22-29-25-27-13-5-8-18-32(27)31-17-7-4-12-26(31)24-28-14-6-9-19-33(28)37(29)38(35)39/h1-23H,24-25H2. The van der Waals surface area contributed by atoms with Crippen LogP contribution in [0.5, 0.6) is 0 Å². The average Bonchev–Trinajstić information content (AvgIpc) is 3.33. The number of hydrogen-bond donors (Lipinski definition) is 0. The van der Waals surface area contributed by atoms with Gasteiger partial charge in [-0.05, 0) is 70.0 Å². The molecule has 0 saturated carbocycles. The highest BCUT2D eigenvalue weighted by atomic mass is 15.0. The lowest BCUT2D eigenvalue weighted by Gasteiger charge is -2.22. The van der Waals surface area contributed by atoms with Crippen LogP contribution in [0.25, 0.3) is 49.7 Å².